The van der Waals surface area contributed by atoms with Crippen LogP contribution in [0.15, 0.2) is 16.7 Å². The van der Waals surface area contributed by atoms with Crippen LogP contribution in [0.3, 0.4) is 0 Å². The molecule has 1 aromatic rings. The molecule has 0 aliphatic heterocycles. The van der Waals surface area contributed by atoms with Crippen LogP contribution in [0.25, 0.3) is 0 Å². The monoisotopic (exact) mass is 334 g/mol. The van der Waals surface area contributed by atoms with Crippen LogP contribution in [0, 0.1) is 17.8 Å². The third-order valence-electron chi connectivity index (χ3n) is 5.25. The van der Waals surface area contributed by atoms with Gasteiger partial charge < -0.3 is 15.5 Å². The summed E-state index contributed by atoms with van der Waals surface area (Å²) in [6.07, 6.45) is 8.38. The molecule has 2 amide bonds. The molecule has 2 rings (SSSR count). The first-order valence-electron chi connectivity index (χ1n) is 9.09. The fraction of sp³-hybridized carbons (Fsp3) is 0.684. The highest BCUT2D eigenvalue weighted by molar-refractivity contribution is 5.90. The average molecular weight is 334 g/mol. The molecular formula is C19H30N2O3. The van der Waals surface area contributed by atoms with Gasteiger partial charge in [-0.05, 0) is 44.1 Å². The van der Waals surface area contributed by atoms with E-state index in [4.69, 9.17) is 10.2 Å². The van der Waals surface area contributed by atoms with E-state index in [0.717, 1.165) is 24.3 Å². The molecule has 0 bridgehead atoms. The minimum atomic E-state index is -0.599. The van der Waals surface area contributed by atoms with Crippen LogP contribution in [0.4, 0.5) is 0 Å². The first-order valence-corrected chi connectivity index (χ1v) is 9.09. The first-order chi connectivity index (χ1) is 11.4. The summed E-state index contributed by atoms with van der Waals surface area (Å²) in [6.45, 7) is 6.28. The van der Waals surface area contributed by atoms with Crippen LogP contribution in [-0.2, 0) is 4.79 Å². The number of nitrogens with one attached hydrogen (secondary N) is 1. The Morgan fingerprint density at radius 2 is 2.17 bits per heavy atom. The third kappa shape index (κ3) is 4.86. The zero-order valence-corrected chi connectivity index (χ0v) is 15.0. The summed E-state index contributed by atoms with van der Waals surface area (Å²) >= 11 is 0. The van der Waals surface area contributed by atoms with Crippen molar-refractivity contribution in [2.24, 2.45) is 23.5 Å². The molecule has 1 aliphatic carbocycles. The molecule has 4 unspecified atom stereocenters. The van der Waals surface area contributed by atoms with Gasteiger partial charge in [-0.1, -0.05) is 33.1 Å². The number of carbonyl (C=O) groups excluding carboxylic acids is 2. The molecule has 4 atom stereocenters. The van der Waals surface area contributed by atoms with Gasteiger partial charge in [-0.25, -0.2) is 0 Å². The summed E-state index contributed by atoms with van der Waals surface area (Å²) in [4.78, 5) is 23.7. The van der Waals surface area contributed by atoms with Gasteiger partial charge >= 0.3 is 0 Å². The molecular weight excluding hydrogens is 304 g/mol. The molecule has 1 aliphatic rings. The maximum absolute atomic E-state index is 12.6. The molecule has 0 radical (unpaired) electrons. The van der Waals surface area contributed by atoms with Crippen LogP contribution in [0.2, 0.25) is 0 Å². The second-order valence-electron chi connectivity index (χ2n) is 7.32. The van der Waals surface area contributed by atoms with Crippen molar-refractivity contribution in [3.05, 3.63) is 23.7 Å². The highest BCUT2D eigenvalue weighted by Crippen LogP contribution is 2.33. The Kier molecular flexibility index (Phi) is 6.46. The molecule has 5 nitrogen and oxygen atoms in total. The zero-order chi connectivity index (χ0) is 17.7. The SMILES string of the molecule is CCC(CC1CCCC(C)C1)C(=O)NC(C)c1coc(C(N)=O)c1. The van der Waals surface area contributed by atoms with E-state index in [2.05, 4.69) is 19.2 Å². The number of carbonyl (C=O) groups is 2. The number of rotatable bonds is 7. The summed E-state index contributed by atoms with van der Waals surface area (Å²) in [6, 6.07) is 1.39. The minimum Gasteiger partial charge on any atom is -0.459 e. The zero-order valence-electron chi connectivity index (χ0n) is 15.0. The summed E-state index contributed by atoms with van der Waals surface area (Å²) < 4.78 is 5.12. The maximum Gasteiger partial charge on any atom is 0.284 e. The van der Waals surface area contributed by atoms with Gasteiger partial charge in [-0.3, -0.25) is 9.59 Å². The number of nitrogens with two attached hydrogens (primary N) is 1. The average Bonchev–Trinajstić information content (AvgIpc) is 3.03. The van der Waals surface area contributed by atoms with E-state index >= 15 is 0 Å². The molecule has 5 heteroatoms. The highest BCUT2D eigenvalue weighted by atomic mass is 16.3. The Bertz CT molecular complexity index is 567. The fourth-order valence-electron chi connectivity index (χ4n) is 3.76. The molecule has 0 spiro atoms. The van der Waals surface area contributed by atoms with E-state index in [-0.39, 0.29) is 23.6 Å². The van der Waals surface area contributed by atoms with Gasteiger partial charge in [0, 0.05) is 11.5 Å². The number of hydrogen-bond acceptors (Lipinski definition) is 3. The van der Waals surface area contributed by atoms with Gasteiger partial charge in [-0.15, -0.1) is 0 Å². The van der Waals surface area contributed by atoms with E-state index in [1.54, 1.807) is 6.07 Å². The number of amides is 2. The lowest BCUT2D eigenvalue weighted by Gasteiger charge is -2.29. The molecule has 1 saturated carbocycles. The Morgan fingerprint density at radius 1 is 1.42 bits per heavy atom. The largest absolute Gasteiger partial charge is 0.459 e. The fourth-order valence-corrected chi connectivity index (χ4v) is 3.76. The van der Waals surface area contributed by atoms with Gasteiger partial charge in [0.25, 0.3) is 5.91 Å². The molecule has 1 fully saturated rings. The van der Waals surface area contributed by atoms with Crippen molar-refractivity contribution in [1.82, 2.24) is 5.32 Å². The van der Waals surface area contributed by atoms with E-state index < -0.39 is 5.91 Å². The van der Waals surface area contributed by atoms with Gasteiger partial charge in [0.2, 0.25) is 5.91 Å². The van der Waals surface area contributed by atoms with Crippen LogP contribution < -0.4 is 11.1 Å². The van der Waals surface area contributed by atoms with E-state index in [9.17, 15) is 9.59 Å². The lowest BCUT2D eigenvalue weighted by Crippen LogP contribution is -2.34. The van der Waals surface area contributed by atoms with Gasteiger partial charge in [-0.2, -0.15) is 0 Å². The smallest absolute Gasteiger partial charge is 0.284 e. The Labute approximate surface area is 144 Å². The number of furan rings is 1. The van der Waals surface area contributed by atoms with Gasteiger partial charge in [0.1, 0.15) is 0 Å². The minimum absolute atomic E-state index is 0.0465. The van der Waals surface area contributed by atoms with Crippen LogP contribution >= 0.6 is 0 Å². The third-order valence-corrected chi connectivity index (χ3v) is 5.25. The van der Waals surface area contributed by atoms with Crippen LogP contribution in [0.1, 0.15) is 81.5 Å². The quantitative estimate of drug-likeness (QED) is 0.795. The van der Waals surface area contributed by atoms with Crippen LogP contribution in [-0.4, -0.2) is 11.8 Å². The molecule has 24 heavy (non-hydrogen) atoms. The lowest BCUT2D eigenvalue weighted by molar-refractivity contribution is -0.126. The van der Waals surface area contributed by atoms with E-state index in [0.29, 0.717) is 5.92 Å². The molecule has 0 aromatic carbocycles. The van der Waals surface area contributed by atoms with Gasteiger partial charge in [0.15, 0.2) is 5.76 Å². The Balaban J connectivity index is 1.91. The molecule has 3 N–H and O–H groups in total. The van der Waals surface area contributed by atoms with Crippen molar-refractivity contribution in [3.63, 3.8) is 0 Å². The van der Waals surface area contributed by atoms with Crippen molar-refractivity contribution < 1.29 is 14.0 Å². The predicted molar refractivity (Wildman–Crippen MR) is 93.3 cm³/mol. The maximum atomic E-state index is 12.6. The molecule has 134 valence electrons. The second kappa shape index (κ2) is 8.36. The van der Waals surface area contributed by atoms with Crippen molar-refractivity contribution >= 4 is 11.8 Å². The Morgan fingerprint density at radius 3 is 2.75 bits per heavy atom. The summed E-state index contributed by atoms with van der Waals surface area (Å²) in [5, 5.41) is 3.05. The van der Waals surface area contributed by atoms with Crippen molar-refractivity contribution in [3.8, 4) is 0 Å². The van der Waals surface area contributed by atoms with Crippen molar-refractivity contribution in [2.45, 2.75) is 65.3 Å². The molecule has 1 aromatic heterocycles. The van der Waals surface area contributed by atoms with E-state index in [1.165, 1.54) is 31.9 Å². The normalized spacial score (nSPS) is 23.5. The van der Waals surface area contributed by atoms with Crippen LogP contribution in [0.5, 0.6) is 0 Å². The lowest BCUT2D eigenvalue weighted by atomic mass is 9.77. The standard InChI is InChI=1S/C19H30N2O3/c1-4-15(9-14-7-5-6-12(2)8-14)19(23)21-13(3)16-10-17(18(20)22)24-11-16/h10-15H,4-9H2,1-3H3,(H2,20,22)(H,21,23). The summed E-state index contributed by atoms with van der Waals surface area (Å²) in [5.74, 6) is 1.10. The molecule has 1 heterocycles. The topological polar surface area (TPSA) is 85.3 Å². The van der Waals surface area contributed by atoms with E-state index in [1.807, 2.05) is 6.92 Å². The summed E-state index contributed by atoms with van der Waals surface area (Å²) in [5.41, 5.74) is 5.96. The van der Waals surface area contributed by atoms with Gasteiger partial charge in [0.05, 0.1) is 12.3 Å². The number of hydrogen-bond donors (Lipinski definition) is 2. The summed E-state index contributed by atoms with van der Waals surface area (Å²) in [7, 11) is 0. The first kappa shape index (κ1) is 18.6. The van der Waals surface area contributed by atoms with Crippen molar-refractivity contribution in [2.75, 3.05) is 0 Å². The Hall–Kier alpha value is -1.78. The second-order valence-corrected chi connectivity index (χ2v) is 7.32. The number of primary amides is 1. The molecule has 0 saturated heterocycles. The van der Waals surface area contributed by atoms with Crippen molar-refractivity contribution in [1.29, 1.82) is 0 Å². The predicted octanol–water partition coefficient (Wildman–Crippen LogP) is 3.80. The highest BCUT2D eigenvalue weighted by Gasteiger charge is 2.26.